The van der Waals surface area contributed by atoms with Crippen LogP contribution in [-0.2, 0) is 0 Å². The molecule has 1 fully saturated rings. The van der Waals surface area contributed by atoms with Gasteiger partial charge in [-0.2, -0.15) is 10.4 Å². The van der Waals surface area contributed by atoms with E-state index in [4.69, 9.17) is 4.98 Å². The van der Waals surface area contributed by atoms with Gasteiger partial charge >= 0.3 is 0 Å². The Kier molecular flexibility index (Phi) is 6.30. The molecule has 1 aliphatic heterocycles. The maximum absolute atomic E-state index is 10.3. The van der Waals surface area contributed by atoms with E-state index in [0.717, 1.165) is 58.1 Å². The fourth-order valence-corrected chi connectivity index (χ4v) is 5.67. The van der Waals surface area contributed by atoms with E-state index in [-0.39, 0.29) is 12.4 Å². The summed E-state index contributed by atoms with van der Waals surface area (Å²) in [7, 11) is 0. The van der Waals surface area contributed by atoms with Gasteiger partial charge in [-0.1, -0.05) is 18.2 Å². The molecule has 1 aliphatic rings. The Morgan fingerprint density at radius 1 is 1.03 bits per heavy atom. The maximum Gasteiger partial charge on any atom is 0.182 e. The lowest BCUT2D eigenvalue weighted by atomic mass is 9.94. The Morgan fingerprint density at radius 3 is 2.53 bits per heavy atom. The number of thiophene rings is 1. The first kappa shape index (κ1) is 22.5. The number of piperazine rings is 1. The van der Waals surface area contributed by atoms with Crippen LogP contribution in [0.5, 0.6) is 0 Å². The molecule has 5 heterocycles. The van der Waals surface area contributed by atoms with Crippen LogP contribution < -0.4 is 10.2 Å². The maximum atomic E-state index is 10.3. The lowest BCUT2D eigenvalue weighted by molar-refractivity contribution is 0.589. The minimum absolute atomic E-state index is 0. The van der Waals surface area contributed by atoms with Crippen molar-refractivity contribution in [3.05, 3.63) is 59.0 Å². The molecule has 0 unspecified atom stereocenters. The smallest absolute Gasteiger partial charge is 0.182 e. The molecule has 10 heteroatoms. The Hall–Kier alpha value is -3.29. The zero-order valence-electron chi connectivity index (χ0n) is 18.0. The van der Waals surface area contributed by atoms with E-state index in [0.29, 0.717) is 16.9 Å². The third-order valence-electron chi connectivity index (χ3n) is 5.88. The average molecular weight is 506 g/mol. The number of fused-ring (bicyclic) bond motifs is 1. The van der Waals surface area contributed by atoms with E-state index in [9.17, 15) is 5.26 Å². The number of nitrogens with zero attached hydrogens (tertiary/aromatic N) is 5. The predicted octanol–water partition coefficient (Wildman–Crippen LogP) is 5.18. The molecule has 0 bridgehead atoms. The minimum Gasteiger partial charge on any atom is -0.369 e. The van der Waals surface area contributed by atoms with Gasteiger partial charge in [-0.15, -0.1) is 35.1 Å². The first-order valence-corrected chi connectivity index (χ1v) is 12.4. The Balaban J connectivity index is 0.00000241. The first-order valence-electron chi connectivity index (χ1n) is 10.6. The SMILES string of the molecule is Cl.N#Cc1c(-c2cncs2)nc2n[nH]c(-c3cccs3)c2c1-c1ccc(N2CCNCC2)cc1. The molecule has 1 aromatic carbocycles. The third-order valence-corrected chi connectivity index (χ3v) is 7.55. The highest BCUT2D eigenvalue weighted by Crippen LogP contribution is 2.42. The number of benzene rings is 1. The molecule has 0 amide bonds. The Labute approximate surface area is 210 Å². The van der Waals surface area contributed by atoms with Crippen molar-refractivity contribution in [2.75, 3.05) is 31.1 Å². The van der Waals surface area contributed by atoms with Crippen LogP contribution in [0.1, 0.15) is 5.56 Å². The standard InChI is InChI=1S/C24H19N7S2.ClH/c25-12-17-20(15-3-5-16(6-4-15)31-9-7-26-8-10-31)21-23(18-2-1-11-32-18)29-30-24(21)28-22(17)19-13-27-14-33-19;/h1-6,11,13-14,26H,7-10H2,(H,28,29,30);1H. The number of rotatable bonds is 4. The van der Waals surface area contributed by atoms with Gasteiger partial charge in [-0.25, -0.2) is 4.98 Å². The molecule has 0 spiro atoms. The number of pyridine rings is 1. The monoisotopic (exact) mass is 505 g/mol. The number of anilines is 1. The predicted molar refractivity (Wildman–Crippen MR) is 141 cm³/mol. The molecule has 34 heavy (non-hydrogen) atoms. The van der Waals surface area contributed by atoms with Crippen molar-refractivity contribution in [2.24, 2.45) is 0 Å². The van der Waals surface area contributed by atoms with Crippen molar-refractivity contribution >= 4 is 51.8 Å². The van der Waals surface area contributed by atoms with Crippen molar-refractivity contribution in [3.8, 4) is 38.3 Å². The second-order valence-corrected chi connectivity index (χ2v) is 9.58. The molecule has 1 saturated heterocycles. The van der Waals surface area contributed by atoms with Crippen LogP contribution in [0.3, 0.4) is 0 Å². The van der Waals surface area contributed by atoms with Gasteiger partial charge in [-0.3, -0.25) is 10.1 Å². The van der Waals surface area contributed by atoms with E-state index in [1.165, 1.54) is 17.0 Å². The van der Waals surface area contributed by atoms with E-state index in [1.807, 2.05) is 11.4 Å². The number of hydrogen-bond acceptors (Lipinski definition) is 8. The van der Waals surface area contributed by atoms with Gasteiger partial charge in [0.05, 0.1) is 31.9 Å². The van der Waals surface area contributed by atoms with E-state index in [1.54, 1.807) is 23.0 Å². The molecule has 7 nitrogen and oxygen atoms in total. The number of hydrogen-bond donors (Lipinski definition) is 2. The zero-order chi connectivity index (χ0) is 22.2. The highest BCUT2D eigenvalue weighted by Gasteiger charge is 2.24. The molecular weight excluding hydrogens is 486 g/mol. The summed E-state index contributed by atoms with van der Waals surface area (Å²) in [5.74, 6) is 0. The molecular formula is C24H20ClN7S2. The Bertz CT molecular complexity index is 1450. The summed E-state index contributed by atoms with van der Waals surface area (Å²) < 4.78 is 0. The molecule has 170 valence electrons. The zero-order valence-corrected chi connectivity index (χ0v) is 20.4. The molecule has 0 saturated carbocycles. The van der Waals surface area contributed by atoms with Crippen LogP contribution in [0, 0.1) is 11.3 Å². The topological polar surface area (TPSA) is 93.5 Å². The van der Waals surface area contributed by atoms with Gasteiger partial charge in [-0.05, 0) is 29.1 Å². The van der Waals surface area contributed by atoms with Gasteiger partial charge in [0.25, 0.3) is 0 Å². The second kappa shape index (κ2) is 9.52. The van der Waals surface area contributed by atoms with Gasteiger partial charge in [0.2, 0.25) is 0 Å². The summed E-state index contributed by atoms with van der Waals surface area (Å²) in [5, 5.41) is 24.3. The molecule has 5 aromatic rings. The number of halogens is 1. The molecule has 0 radical (unpaired) electrons. The lowest BCUT2D eigenvalue weighted by Crippen LogP contribution is -2.43. The van der Waals surface area contributed by atoms with E-state index < -0.39 is 0 Å². The summed E-state index contributed by atoms with van der Waals surface area (Å²) in [6, 6.07) is 15.0. The number of aromatic nitrogens is 4. The highest BCUT2D eigenvalue weighted by atomic mass is 35.5. The van der Waals surface area contributed by atoms with Crippen molar-refractivity contribution < 1.29 is 0 Å². The van der Waals surface area contributed by atoms with Crippen LogP contribution in [0.4, 0.5) is 5.69 Å². The van der Waals surface area contributed by atoms with Gasteiger partial charge in [0, 0.05) is 43.6 Å². The van der Waals surface area contributed by atoms with Gasteiger partial charge in [0.1, 0.15) is 11.8 Å². The average Bonchev–Trinajstić information content (AvgIpc) is 3.65. The number of nitrogens with one attached hydrogen (secondary N) is 2. The summed E-state index contributed by atoms with van der Waals surface area (Å²) in [6.07, 6.45) is 1.75. The minimum atomic E-state index is 0. The van der Waals surface area contributed by atoms with Crippen LogP contribution >= 0.6 is 35.1 Å². The largest absolute Gasteiger partial charge is 0.369 e. The lowest BCUT2D eigenvalue weighted by Gasteiger charge is -2.29. The summed E-state index contributed by atoms with van der Waals surface area (Å²) in [5.41, 5.74) is 7.43. The number of aromatic amines is 1. The fourth-order valence-electron chi connectivity index (χ4n) is 4.32. The molecule has 2 N–H and O–H groups in total. The van der Waals surface area contributed by atoms with Gasteiger partial charge in [0.15, 0.2) is 5.65 Å². The van der Waals surface area contributed by atoms with Crippen molar-refractivity contribution in [1.82, 2.24) is 25.5 Å². The van der Waals surface area contributed by atoms with Crippen LogP contribution in [0.15, 0.2) is 53.5 Å². The first-order chi connectivity index (χ1) is 16.3. The van der Waals surface area contributed by atoms with Crippen LogP contribution in [0.2, 0.25) is 0 Å². The summed E-state index contributed by atoms with van der Waals surface area (Å²) >= 11 is 3.10. The number of thiazole rings is 1. The van der Waals surface area contributed by atoms with Crippen LogP contribution in [0.25, 0.3) is 43.3 Å². The Morgan fingerprint density at radius 2 is 1.85 bits per heavy atom. The summed E-state index contributed by atoms with van der Waals surface area (Å²) in [6.45, 7) is 3.95. The van der Waals surface area contributed by atoms with E-state index >= 15 is 0 Å². The van der Waals surface area contributed by atoms with Crippen molar-refractivity contribution in [2.45, 2.75) is 0 Å². The molecule has 0 atom stereocenters. The van der Waals surface area contributed by atoms with Crippen LogP contribution in [-0.4, -0.2) is 46.3 Å². The van der Waals surface area contributed by atoms with Gasteiger partial charge < -0.3 is 10.2 Å². The molecule has 4 aromatic heterocycles. The van der Waals surface area contributed by atoms with Crippen molar-refractivity contribution in [1.29, 1.82) is 5.26 Å². The molecule has 0 aliphatic carbocycles. The quantitative estimate of drug-likeness (QED) is 0.349. The number of H-pyrrole nitrogens is 1. The fraction of sp³-hybridized carbons (Fsp3) is 0.167. The summed E-state index contributed by atoms with van der Waals surface area (Å²) in [4.78, 5) is 13.3. The number of nitriles is 1. The normalized spacial score (nSPS) is 13.6. The van der Waals surface area contributed by atoms with E-state index in [2.05, 4.69) is 61.8 Å². The molecule has 6 rings (SSSR count). The van der Waals surface area contributed by atoms with Crippen molar-refractivity contribution in [3.63, 3.8) is 0 Å². The third kappa shape index (κ3) is 3.85. The highest BCUT2D eigenvalue weighted by molar-refractivity contribution is 7.13. The second-order valence-electron chi connectivity index (χ2n) is 7.75.